The molecule has 3 heteroatoms. The van der Waals surface area contributed by atoms with Crippen LogP contribution in [-0.2, 0) is 0 Å². The fraction of sp³-hybridized carbons (Fsp3) is 0.182. The van der Waals surface area contributed by atoms with E-state index in [0.717, 1.165) is 22.8 Å². The average Bonchev–Trinajstić information content (AvgIpc) is 2.52. The minimum Gasteiger partial charge on any atom is -0.339 e. The number of H-pyrrole nitrogens is 1. The summed E-state index contributed by atoms with van der Waals surface area (Å²) in [4.78, 5) is 0. The highest BCUT2D eigenvalue weighted by Crippen LogP contribution is 2.19. The van der Waals surface area contributed by atoms with Gasteiger partial charge in [0.05, 0.1) is 0 Å². The smallest absolute Gasteiger partial charge is 0.155 e. The molecule has 0 amide bonds. The summed E-state index contributed by atoms with van der Waals surface area (Å²) in [6.07, 6.45) is 0. The number of hydrogen-bond donors (Lipinski definition) is 2. The maximum Gasteiger partial charge on any atom is 0.155 e. The summed E-state index contributed by atoms with van der Waals surface area (Å²) in [7, 11) is 0. The highest BCUT2D eigenvalue weighted by atomic mass is 15.2. The van der Waals surface area contributed by atoms with Crippen molar-refractivity contribution in [1.29, 1.82) is 0 Å². The molecule has 0 atom stereocenters. The van der Waals surface area contributed by atoms with Crippen LogP contribution in [0.3, 0.4) is 0 Å². The SMILES string of the molecule is Cc1[nH]nc(Nc2ccccc2)c1C. The predicted molar refractivity (Wildman–Crippen MR) is 57.8 cm³/mol. The van der Waals surface area contributed by atoms with Gasteiger partial charge in [0, 0.05) is 16.9 Å². The van der Waals surface area contributed by atoms with Crippen molar-refractivity contribution < 1.29 is 0 Å². The normalized spacial score (nSPS) is 10.1. The summed E-state index contributed by atoms with van der Waals surface area (Å²) in [6.45, 7) is 4.06. The van der Waals surface area contributed by atoms with Crippen LogP contribution in [0.5, 0.6) is 0 Å². The predicted octanol–water partition coefficient (Wildman–Crippen LogP) is 2.77. The summed E-state index contributed by atoms with van der Waals surface area (Å²) in [5.74, 6) is 0.897. The molecule has 2 aromatic rings. The van der Waals surface area contributed by atoms with E-state index in [-0.39, 0.29) is 0 Å². The lowest BCUT2D eigenvalue weighted by molar-refractivity contribution is 1.05. The van der Waals surface area contributed by atoms with Crippen LogP contribution in [0, 0.1) is 13.8 Å². The minimum absolute atomic E-state index is 0.897. The largest absolute Gasteiger partial charge is 0.339 e. The van der Waals surface area contributed by atoms with Crippen LogP contribution < -0.4 is 5.32 Å². The van der Waals surface area contributed by atoms with E-state index in [4.69, 9.17) is 0 Å². The third-order valence-electron chi connectivity index (χ3n) is 2.29. The van der Waals surface area contributed by atoms with Gasteiger partial charge in [0.1, 0.15) is 0 Å². The lowest BCUT2D eigenvalue weighted by atomic mass is 10.2. The maximum absolute atomic E-state index is 4.17. The fourth-order valence-electron chi connectivity index (χ4n) is 1.26. The van der Waals surface area contributed by atoms with Crippen molar-refractivity contribution in [1.82, 2.24) is 10.2 Å². The van der Waals surface area contributed by atoms with Crippen LogP contribution in [-0.4, -0.2) is 10.2 Å². The lowest BCUT2D eigenvalue weighted by Gasteiger charge is -2.02. The van der Waals surface area contributed by atoms with E-state index in [2.05, 4.69) is 15.5 Å². The van der Waals surface area contributed by atoms with Crippen molar-refractivity contribution in [2.45, 2.75) is 13.8 Å². The van der Waals surface area contributed by atoms with Gasteiger partial charge in [-0.2, -0.15) is 5.10 Å². The Morgan fingerprint density at radius 3 is 2.43 bits per heavy atom. The van der Waals surface area contributed by atoms with Gasteiger partial charge in [-0.05, 0) is 26.0 Å². The van der Waals surface area contributed by atoms with Crippen LogP contribution in [0.25, 0.3) is 0 Å². The second kappa shape index (κ2) is 3.54. The maximum atomic E-state index is 4.17. The number of rotatable bonds is 2. The summed E-state index contributed by atoms with van der Waals surface area (Å²) in [6, 6.07) is 10.0. The molecule has 14 heavy (non-hydrogen) atoms. The molecular weight excluding hydrogens is 174 g/mol. The Balaban J connectivity index is 2.23. The van der Waals surface area contributed by atoms with Crippen molar-refractivity contribution in [3.63, 3.8) is 0 Å². The number of aromatic nitrogens is 2. The molecule has 72 valence electrons. The van der Waals surface area contributed by atoms with Gasteiger partial charge in [0.25, 0.3) is 0 Å². The summed E-state index contributed by atoms with van der Waals surface area (Å²) in [5, 5.41) is 10.4. The molecule has 0 aliphatic heterocycles. The highest BCUT2D eigenvalue weighted by molar-refractivity contribution is 5.59. The number of aryl methyl sites for hydroxylation is 1. The van der Waals surface area contributed by atoms with E-state index < -0.39 is 0 Å². The van der Waals surface area contributed by atoms with Crippen LogP contribution >= 0.6 is 0 Å². The number of para-hydroxylation sites is 1. The van der Waals surface area contributed by atoms with Gasteiger partial charge in [-0.25, -0.2) is 0 Å². The van der Waals surface area contributed by atoms with Crippen molar-refractivity contribution in [3.05, 3.63) is 41.6 Å². The van der Waals surface area contributed by atoms with Gasteiger partial charge in [-0.1, -0.05) is 18.2 Å². The Morgan fingerprint density at radius 1 is 1.14 bits per heavy atom. The second-order valence-corrected chi connectivity index (χ2v) is 3.31. The van der Waals surface area contributed by atoms with Crippen molar-refractivity contribution in [2.24, 2.45) is 0 Å². The Labute approximate surface area is 83.2 Å². The number of aromatic amines is 1. The Hall–Kier alpha value is -1.77. The molecule has 0 spiro atoms. The zero-order valence-corrected chi connectivity index (χ0v) is 8.33. The van der Waals surface area contributed by atoms with Crippen LogP contribution in [0.15, 0.2) is 30.3 Å². The molecule has 3 nitrogen and oxygen atoms in total. The third kappa shape index (κ3) is 1.62. The van der Waals surface area contributed by atoms with Crippen molar-refractivity contribution in [2.75, 3.05) is 5.32 Å². The summed E-state index contributed by atoms with van der Waals surface area (Å²) >= 11 is 0. The fourth-order valence-corrected chi connectivity index (χ4v) is 1.26. The van der Waals surface area contributed by atoms with Gasteiger partial charge in [0.2, 0.25) is 0 Å². The molecule has 1 heterocycles. The summed E-state index contributed by atoms with van der Waals surface area (Å²) < 4.78 is 0. The van der Waals surface area contributed by atoms with Gasteiger partial charge < -0.3 is 5.32 Å². The van der Waals surface area contributed by atoms with Gasteiger partial charge in [-0.15, -0.1) is 0 Å². The molecule has 0 unspecified atom stereocenters. The van der Waals surface area contributed by atoms with E-state index in [0.29, 0.717) is 0 Å². The van der Waals surface area contributed by atoms with Crippen LogP contribution in [0.1, 0.15) is 11.3 Å². The lowest BCUT2D eigenvalue weighted by Crippen LogP contribution is -1.91. The molecule has 0 bridgehead atoms. The van der Waals surface area contributed by atoms with E-state index in [1.165, 1.54) is 0 Å². The molecule has 1 aromatic carbocycles. The first-order valence-corrected chi connectivity index (χ1v) is 4.61. The molecule has 0 saturated heterocycles. The Kier molecular flexibility index (Phi) is 2.23. The summed E-state index contributed by atoms with van der Waals surface area (Å²) in [5.41, 5.74) is 3.32. The standard InChI is InChI=1S/C11H13N3/c1-8-9(2)13-14-11(8)12-10-6-4-3-5-7-10/h3-7H,1-2H3,(H2,12,13,14). The molecule has 0 radical (unpaired) electrons. The molecule has 0 saturated carbocycles. The van der Waals surface area contributed by atoms with Gasteiger partial charge >= 0.3 is 0 Å². The molecule has 2 N–H and O–H groups in total. The topological polar surface area (TPSA) is 40.7 Å². The zero-order valence-electron chi connectivity index (χ0n) is 8.33. The molecule has 2 rings (SSSR count). The first kappa shape index (κ1) is 8.81. The molecule has 0 aliphatic rings. The van der Waals surface area contributed by atoms with Gasteiger partial charge in [-0.3, -0.25) is 5.10 Å². The highest BCUT2D eigenvalue weighted by Gasteiger charge is 2.04. The van der Waals surface area contributed by atoms with Crippen LogP contribution in [0.2, 0.25) is 0 Å². The minimum atomic E-state index is 0.897. The Morgan fingerprint density at radius 2 is 1.86 bits per heavy atom. The number of benzene rings is 1. The number of hydrogen-bond acceptors (Lipinski definition) is 2. The number of nitrogens with zero attached hydrogens (tertiary/aromatic N) is 1. The quantitative estimate of drug-likeness (QED) is 0.759. The molecule has 1 aromatic heterocycles. The molecule has 0 aliphatic carbocycles. The average molecular weight is 187 g/mol. The number of nitrogens with one attached hydrogen (secondary N) is 2. The van der Waals surface area contributed by atoms with E-state index >= 15 is 0 Å². The van der Waals surface area contributed by atoms with Gasteiger partial charge in [0.15, 0.2) is 5.82 Å². The van der Waals surface area contributed by atoms with Crippen LogP contribution in [0.4, 0.5) is 11.5 Å². The second-order valence-electron chi connectivity index (χ2n) is 3.31. The number of anilines is 2. The van der Waals surface area contributed by atoms with E-state index in [1.54, 1.807) is 0 Å². The molecule has 0 fully saturated rings. The van der Waals surface area contributed by atoms with E-state index in [1.807, 2.05) is 44.2 Å². The first-order chi connectivity index (χ1) is 6.77. The van der Waals surface area contributed by atoms with E-state index in [9.17, 15) is 0 Å². The van der Waals surface area contributed by atoms with Crippen molar-refractivity contribution in [3.8, 4) is 0 Å². The monoisotopic (exact) mass is 187 g/mol. The third-order valence-corrected chi connectivity index (χ3v) is 2.29. The first-order valence-electron chi connectivity index (χ1n) is 4.61. The molecular formula is C11H13N3. The van der Waals surface area contributed by atoms with Crippen molar-refractivity contribution >= 4 is 11.5 Å². The Bertz CT molecular complexity index is 417. The zero-order chi connectivity index (χ0) is 9.97.